The van der Waals surface area contributed by atoms with Crippen molar-refractivity contribution >= 4 is 17.7 Å². The fraction of sp³-hybridized carbons (Fsp3) is 0.471. The molecule has 0 aromatic heterocycles. The van der Waals surface area contributed by atoms with Crippen molar-refractivity contribution in [2.45, 2.75) is 32.1 Å². The third-order valence-electron chi connectivity index (χ3n) is 3.88. The molecule has 2 rings (SSSR count). The maximum atomic E-state index is 12.9. The molecule has 1 aromatic rings. The number of carbonyl (C=O) groups excluding carboxylic acids is 1. The van der Waals surface area contributed by atoms with Gasteiger partial charge >= 0.3 is 0 Å². The van der Waals surface area contributed by atoms with Gasteiger partial charge in [0.1, 0.15) is 0 Å². The fourth-order valence-corrected chi connectivity index (χ4v) is 3.57. The smallest absolute Gasteiger partial charge is 0.255 e. The molecule has 0 bridgehead atoms. The molecule has 21 heavy (non-hydrogen) atoms. The van der Waals surface area contributed by atoms with Gasteiger partial charge in [-0.1, -0.05) is 24.8 Å². The SMILES string of the molecule is Cc1ccc(C(=O)N2CCSC(C)C2C)c(C#CCN)c1. The monoisotopic (exact) mass is 302 g/mol. The Morgan fingerprint density at radius 1 is 1.48 bits per heavy atom. The number of nitrogens with zero attached hydrogens (tertiary/aromatic N) is 1. The van der Waals surface area contributed by atoms with E-state index >= 15 is 0 Å². The Bertz CT molecular complexity index is 588. The van der Waals surface area contributed by atoms with Crippen LogP contribution in [0.25, 0.3) is 0 Å². The molecule has 2 unspecified atom stereocenters. The summed E-state index contributed by atoms with van der Waals surface area (Å²) in [5.41, 5.74) is 8.02. The average Bonchev–Trinajstić information content (AvgIpc) is 2.47. The Labute approximate surface area is 131 Å². The van der Waals surface area contributed by atoms with Gasteiger partial charge in [-0.15, -0.1) is 0 Å². The standard InChI is InChI=1S/C17H22N2OS/c1-12-6-7-16(15(11-12)5-4-8-18)17(20)19-9-10-21-14(3)13(19)2/h6-7,11,13-14H,8-10,18H2,1-3H3. The van der Waals surface area contributed by atoms with Crippen LogP contribution in [0.15, 0.2) is 18.2 Å². The normalized spacial score (nSPS) is 21.6. The van der Waals surface area contributed by atoms with Gasteiger partial charge < -0.3 is 10.6 Å². The number of hydrogen-bond donors (Lipinski definition) is 1. The summed E-state index contributed by atoms with van der Waals surface area (Å²) in [6, 6.07) is 6.06. The first-order chi connectivity index (χ1) is 10.0. The topological polar surface area (TPSA) is 46.3 Å². The first-order valence-electron chi connectivity index (χ1n) is 7.26. The first-order valence-corrected chi connectivity index (χ1v) is 8.31. The molecule has 1 amide bonds. The summed E-state index contributed by atoms with van der Waals surface area (Å²) in [4.78, 5) is 14.8. The summed E-state index contributed by atoms with van der Waals surface area (Å²) in [6.07, 6.45) is 0. The Morgan fingerprint density at radius 2 is 2.24 bits per heavy atom. The zero-order valence-electron chi connectivity index (χ0n) is 12.8. The van der Waals surface area contributed by atoms with Crippen LogP contribution in [-0.2, 0) is 0 Å². The molecule has 1 aliphatic heterocycles. The molecule has 1 fully saturated rings. The van der Waals surface area contributed by atoms with Crippen LogP contribution in [0.3, 0.4) is 0 Å². The van der Waals surface area contributed by atoms with Crippen molar-refractivity contribution in [3.05, 3.63) is 34.9 Å². The summed E-state index contributed by atoms with van der Waals surface area (Å²) >= 11 is 1.92. The number of thioether (sulfide) groups is 1. The van der Waals surface area contributed by atoms with Crippen LogP contribution in [0, 0.1) is 18.8 Å². The molecule has 0 spiro atoms. The predicted octanol–water partition coefficient (Wildman–Crippen LogP) is 2.27. The van der Waals surface area contributed by atoms with Crippen molar-refractivity contribution in [1.29, 1.82) is 0 Å². The number of hydrogen-bond acceptors (Lipinski definition) is 3. The highest BCUT2D eigenvalue weighted by Crippen LogP contribution is 2.26. The number of amides is 1. The van der Waals surface area contributed by atoms with Crippen LogP contribution >= 0.6 is 11.8 Å². The molecule has 2 N–H and O–H groups in total. The van der Waals surface area contributed by atoms with E-state index in [1.807, 2.05) is 41.8 Å². The van der Waals surface area contributed by atoms with Crippen molar-refractivity contribution < 1.29 is 4.79 Å². The van der Waals surface area contributed by atoms with Crippen LogP contribution in [-0.4, -0.2) is 40.9 Å². The second-order valence-electron chi connectivity index (χ2n) is 5.37. The van der Waals surface area contributed by atoms with E-state index in [9.17, 15) is 4.79 Å². The second kappa shape index (κ2) is 7.02. The van der Waals surface area contributed by atoms with Crippen molar-refractivity contribution in [1.82, 2.24) is 4.90 Å². The van der Waals surface area contributed by atoms with Gasteiger partial charge in [-0.05, 0) is 31.5 Å². The van der Waals surface area contributed by atoms with Crippen LogP contribution in [0.2, 0.25) is 0 Å². The van der Waals surface area contributed by atoms with Crippen LogP contribution in [0.4, 0.5) is 0 Å². The Morgan fingerprint density at radius 3 is 2.95 bits per heavy atom. The van der Waals surface area contributed by atoms with Crippen LogP contribution in [0.5, 0.6) is 0 Å². The van der Waals surface area contributed by atoms with Gasteiger partial charge in [0.05, 0.1) is 12.1 Å². The summed E-state index contributed by atoms with van der Waals surface area (Å²) < 4.78 is 0. The second-order valence-corrected chi connectivity index (χ2v) is 6.86. The van der Waals surface area contributed by atoms with Gasteiger partial charge in [0, 0.05) is 29.2 Å². The Kier molecular flexibility index (Phi) is 5.33. The van der Waals surface area contributed by atoms with Gasteiger partial charge in [0.25, 0.3) is 5.91 Å². The highest BCUT2D eigenvalue weighted by molar-refractivity contribution is 8.00. The van der Waals surface area contributed by atoms with E-state index in [0.717, 1.165) is 23.4 Å². The van der Waals surface area contributed by atoms with E-state index in [2.05, 4.69) is 25.7 Å². The third kappa shape index (κ3) is 3.61. The molecule has 112 valence electrons. The summed E-state index contributed by atoms with van der Waals surface area (Å²) in [7, 11) is 0. The molecule has 0 radical (unpaired) electrons. The van der Waals surface area contributed by atoms with Crippen molar-refractivity contribution in [3.8, 4) is 11.8 Å². The molecule has 1 aliphatic rings. The molecule has 0 saturated carbocycles. The Hall–Kier alpha value is -1.44. The molecule has 1 saturated heterocycles. The molecular formula is C17H22N2OS. The molecule has 0 aliphatic carbocycles. The number of rotatable bonds is 1. The highest BCUT2D eigenvalue weighted by atomic mass is 32.2. The van der Waals surface area contributed by atoms with Gasteiger partial charge in [-0.3, -0.25) is 4.79 Å². The Balaban J connectivity index is 2.34. The van der Waals surface area contributed by atoms with Gasteiger partial charge in [-0.25, -0.2) is 0 Å². The lowest BCUT2D eigenvalue weighted by Gasteiger charge is -2.37. The quantitative estimate of drug-likeness (QED) is 0.810. The summed E-state index contributed by atoms with van der Waals surface area (Å²) in [6.45, 7) is 7.40. The number of benzene rings is 1. The highest BCUT2D eigenvalue weighted by Gasteiger charge is 2.30. The summed E-state index contributed by atoms with van der Waals surface area (Å²) in [5.74, 6) is 6.96. The minimum absolute atomic E-state index is 0.0796. The van der Waals surface area contributed by atoms with E-state index in [1.54, 1.807) is 0 Å². The minimum Gasteiger partial charge on any atom is -0.334 e. The maximum absolute atomic E-state index is 12.9. The average molecular weight is 302 g/mol. The van der Waals surface area contributed by atoms with Gasteiger partial charge in [0.15, 0.2) is 0 Å². The van der Waals surface area contributed by atoms with Crippen molar-refractivity contribution in [3.63, 3.8) is 0 Å². The van der Waals surface area contributed by atoms with E-state index in [4.69, 9.17) is 5.73 Å². The summed E-state index contributed by atoms with van der Waals surface area (Å²) in [5, 5.41) is 0.465. The largest absolute Gasteiger partial charge is 0.334 e. The number of nitrogens with two attached hydrogens (primary N) is 1. The fourth-order valence-electron chi connectivity index (χ4n) is 2.47. The lowest BCUT2D eigenvalue weighted by Crippen LogP contribution is -2.48. The molecule has 2 atom stereocenters. The predicted molar refractivity (Wildman–Crippen MR) is 89.5 cm³/mol. The van der Waals surface area contributed by atoms with Gasteiger partial charge in [-0.2, -0.15) is 11.8 Å². The zero-order chi connectivity index (χ0) is 15.4. The van der Waals surface area contributed by atoms with E-state index in [0.29, 0.717) is 17.4 Å². The number of aryl methyl sites for hydroxylation is 1. The van der Waals surface area contributed by atoms with E-state index in [1.165, 1.54) is 0 Å². The molecular weight excluding hydrogens is 280 g/mol. The van der Waals surface area contributed by atoms with Gasteiger partial charge in [0.2, 0.25) is 0 Å². The lowest BCUT2D eigenvalue weighted by molar-refractivity contribution is 0.0698. The minimum atomic E-state index is 0.0796. The van der Waals surface area contributed by atoms with Crippen LogP contribution < -0.4 is 5.73 Å². The molecule has 4 heteroatoms. The molecule has 1 aromatic carbocycles. The van der Waals surface area contributed by atoms with E-state index in [-0.39, 0.29) is 11.9 Å². The van der Waals surface area contributed by atoms with E-state index < -0.39 is 0 Å². The first kappa shape index (κ1) is 15.9. The molecule has 3 nitrogen and oxygen atoms in total. The van der Waals surface area contributed by atoms with Crippen molar-refractivity contribution in [2.75, 3.05) is 18.8 Å². The lowest BCUT2D eigenvalue weighted by atomic mass is 10.0. The van der Waals surface area contributed by atoms with Crippen LogP contribution in [0.1, 0.15) is 35.3 Å². The van der Waals surface area contributed by atoms with Crippen molar-refractivity contribution in [2.24, 2.45) is 5.73 Å². The zero-order valence-corrected chi connectivity index (χ0v) is 13.7. The third-order valence-corrected chi connectivity index (χ3v) is 5.21. The number of carbonyl (C=O) groups is 1. The molecule has 1 heterocycles. The maximum Gasteiger partial charge on any atom is 0.255 e.